The molecule has 0 saturated carbocycles. The first-order valence-electron chi connectivity index (χ1n) is 3.77. The van der Waals surface area contributed by atoms with Gasteiger partial charge in [0, 0.05) is 19.4 Å². The Bertz CT molecular complexity index is 330. The number of hydrogen-bond donors (Lipinski definition) is 0. The molecule has 5 nitrogen and oxygen atoms in total. The van der Waals surface area contributed by atoms with E-state index in [-0.39, 0.29) is 18.2 Å². The summed E-state index contributed by atoms with van der Waals surface area (Å²) in [7, 11) is 1.70. The molecule has 0 unspecified atom stereocenters. The summed E-state index contributed by atoms with van der Waals surface area (Å²) >= 11 is 0. The van der Waals surface area contributed by atoms with Gasteiger partial charge in [0.1, 0.15) is 12.2 Å². The third kappa shape index (κ3) is 2.70. The largest absolute Gasteiger partial charge is 0.392 e. The average Bonchev–Trinajstić information content (AvgIpc) is 2.34. The molecule has 0 aliphatic carbocycles. The third-order valence-electron chi connectivity index (χ3n) is 1.38. The van der Waals surface area contributed by atoms with Crippen molar-refractivity contribution in [1.29, 1.82) is 0 Å². The summed E-state index contributed by atoms with van der Waals surface area (Å²) in [6, 6.07) is 0.200. The van der Waals surface area contributed by atoms with Crippen LogP contribution in [0.2, 0.25) is 0 Å². The summed E-state index contributed by atoms with van der Waals surface area (Å²) in [6.45, 7) is 1.33. The Hall–Kier alpha value is -1.65. The second-order valence-electron chi connectivity index (χ2n) is 2.67. The maximum atomic E-state index is 11.0. The highest BCUT2D eigenvalue weighted by Crippen LogP contribution is 2.05. The number of imidazole rings is 1. The van der Waals surface area contributed by atoms with Gasteiger partial charge in [0.2, 0.25) is 0 Å². The zero-order valence-electron chi connectivity index (χ0n) is 7.48. The number of ketones is 1. The van der Waals surface area contributed by atoms with Crippen molar-refractivity contribution < 1.29 is 14.3 Å². The maximum absolute atomic E-state index is 11.0. The number of aryl methyl sites for hydroxylation is 1. The number of carbonyl (C=O) groups is 2. The van der Waals surface area contributed by atoms with Gasteiger partial charge in [-0.15, -0.1) is 0 Å². The number of esters is 1. The molecule has 1 aromatic heterocycles. The fourth-order valence-corrected chi connectivity index (χ4v) is 0.791. The highest BCUT2D eigenvalue weighted by Gasteiger charge is 2.10. The van der Waals surface area contributed by atoms with Crippen LogP contribution in [0.3, 0.4) is 0 Å². The molecule has 0 amide bonds. The normalized spacial score (nSPS) is 9.69. The van der Waals surface area contributed by atoms with E-state index in [0.29, 0.717) is 0 Å². The molecule has 0 saturated heterocycles. The molecule has 0 aliphatic heterocycles. The smallest absolute Gasteiger partial charge is 0.321 e. The number of ether oxygens (including phenoxy) is 1. The second kappa shape index (κ2) is 3.84. The van der Waals surface area contributed by atoms with Crippen molar-refractivity contribution in [2.45, 2.75) is 13.3 Å². The lowest BCUT2D eigenvalue weighted by molar-refractivity contribution is -0.138. The van der Waals surface area contributed by atoms with E-state index in [1.165, 1.54) is 13.1 Å². The van der Waals surface area contributed by atoms with Gasteiger partial charge in [0.15, 0.2) is 0 Å². The lowest BCUT2D eigenvalue weighted by atomic mass is 10.3. The van der Waals surface area contributed by atoms with Crippen LogP contribution in [-0.4, -0.2) is 21.3 Å². The molecular formula is C8H10N2O3. The van der Waals surface area contributed by atoms with E-state index < -0.39 is 5.97 Å². The van der Waals surface area contributed by atoms with Crippen LogP contribution in [0.15, 0.2) is 12.4 Å². The predicted octanol–water partition coefficient (Wildman–Crippen LogP) is 0.305. The minimum Gasteiger partial charge on any atom is -0.392 e. The zero-order chi connectivity index (χ0) is 9.84. The van der Waals surface area contributed by atoms with Gasteiger partial charge in [-0.1, -0.05) is 0 Å². The third-order valence-corrected chi connectivity index (χ3v) is 1.38. The summed E-state index contributed by atoms with van der Waals surface area (Å²) in [5, 5.41) is 0. The van der Waals surface area contributed by atoms with Crippen molar-refractivity contribution in [1.82, 2.24) is 9.55 Å². The number of aromatic nitrogens is 2. The number of hydrogen-bond acceptors (Lipinski definition) is 4. The predicted molar refractivity (Wildman–Crippen MR) is 44.1 cm³/mol. The Morgan fingerprint density at radius 2 is 2.31 bits per heavy atom. The number of carbonyl (C=O) groups excluding carboxylic acids is 2. The molecule has 1 rings (SSSR count). The zero-order valence-corrected chi connectivity index (χ0v) is 7.48. The molecule has 0 aromatic carbocycles. The van der Waals surface area contributed by atoms with E-state index in [9.17, 15) is 9.59 Å². The molecule has 1 aromatic rings. The van der Waals surface area contributed by atoms with Gasteiger partial charge in [-0.05, 0) is 6.92 Å². The molecule has 0 radical (unpaired) electrons. The fourth-order valence-electron chi connectivity index (χ4n) is 0.791. The highest BCUT2D eigenvalue weighted by atomic mass is 16.5. The van der Waals surface area contributed by atoms with E-state index in [1.54, 1.807) is 17.8 Å². The van der Waals surface area contributed by atoms with Crippen LogP contribution in [0, 0.1) is 0 Å². The summed E-state index contributed by atoms with van der Waals surface area (Å²) in [4.78, 5) is 25.3. The van der Waals surface area contributed by atoms with E-state index in [4.69, 9.17) is 4.74 Å². The van der Waals surface area contributed by atoms with Gasteiger partial charge in [-0.2, -0.15) is 0 Å². The fraction of sp³-hybridized carbons (Fsp3) is 0.375. The quantitative estimate of drug-likeness (QED) is 0.498. The second-order valence-corrected chi connectivity index (χ2v) is 2.67. The highest BCUT2D eigenvalue weighted by molar-refractivity contribution is 5.94. The molecule has 0 bridgehead atoms. The molecule has 1 heterocycles. The maximum Gasteiger partial charge on any atom is 0.321 e. The van der Waals surface area contributed by atoms with E-state index >= 15 is 0 Å². The van der Waals surface area contributed by atoms with Gasteiger partial charge in [-0.25, -0.2) is 4.98 Å². The summed E-state index contributed by atoms with van der Waals surface area (Å²) in [5.41, 5.74) is 0. The van der Waals surface area contributed by atoms with Crippen LogP contribution in [0.5, 0.6) is 6.01 Å². The lowest BCUT2D eigenvalue weighted by Gasteiger charge is -2.00. The van der Waals surface area contributed by atoms with E-state index in [1.807, 2.05) is 0 Å². The van der Waals surface area contributed by atoms with Crippen LogP contribution < -0.4 is 4.74 Å². The Kier molecular flexibility index (Phi) is 2.79. The van der Waals surface area contributed by atoms with Crippen LogP contribution >= 0.6 is 0 Å². The van der Waals surface area contributed by atoms with Crippen LogP contribution in [0.4, 0.5) is 0 Å². The first-order valence-corrected chi connectivity index (χ1v) is 3.77. The molecule has 70 valence electrons. The molecule has 0 N–H and O–H groups in total. The molecule has 0 fully saturated rings. The van der Waals surface area contributed by atoms with Gasteiger partial charge in [0.25, 0.3) is 0 Å². The SMILES string of the molecule is CC(=O)CC(=O)Oc1nccn1C. The van der Waals surface area contributed by atoms with Crippen LogP contribution in [0.25, 0.3) is 0 Å². The molecule has 0 aliphatic rings. The van der Waals surface area contributed by atoms with Gasteiger partial charge in [-0.3, -0.25) is 9.59 Å². The Labute approximate surface area is 75.3 Å². The van der Waals surface area contributed by atoms with Crippen LogP contribution in [-0.2, 0) is 16.6 Å². The van der Waals surface area contributed by atoms with Crippen molar-refractivity contribution in [3.8, 4) is 6.01 Å². The molecule has 0 spiro atoms. The van der Waals surface area contributed by atoms with Crippen molar-refractivity contribution in [3.63, 3.8) is 0 Å². The summed E-state index contributed by atoms with van der Waals surface area (Å²) in [6.07, 6.45) is 2.94. The monoisotopic (exact) mass is 182 g/mol. The lowest BCUT2D eigenvalue weighted by Crippen LogP contribution is -2.13. The topological polar surface area (TPSA) is 61.2 Å². The summed E-state index contributed by atoms with van der Waals surface area (Å²) in [5.74, 6) is -0.805. The van der Waals surface area contributed by atoms with Crippen molar-refractivity contribution in [2.24, 2.45) is 7.05 Å². The average molecular weight is 182 g/mol. The van der Waals surface area contributed by atoms with Gasteiger partial charge < -0.3 is 9.30 Å². The summed E-state index contributed by atoms with van der Waals surface area (Å²) < 4.78 is 6.34. The Morgan fingerprint density at radius 1 is 1.62 bits per heavy atom. The minimum atomic E-state index is -0.582. The van der Waals surface area contributed by atoms with Crippen molar-refractivity contribution in [2.75, 3.05) is 0 Å². The number of nitrogens with zero attached hydrogens (tertiary/aromatic N) is 2. The van der Waals surface area contributed by atoms with Crippen molar-refractivity contribution >= 4 is 11.8 Å². The minimum absolute atomic E-state index is 0.200. The molecule has 5 heteroatoms. The Morgan fingerprint density at radius 3 is 2.77 bits per heavy atom. The Balaban J connectivity index is 2.55. The molecular weight excluding hydrogens is 172 g/mol. The van der Waals surface area contributed by atoms with Gasteiger partial charge >= 0.3 is 12.0 Å². The van der Waals surface area contributed by atoms with Crippen LogP contribution in [0.1, 0.15) is 13.3 Å². The van der Waals surface area contributed by atoms with Crippen molar-refractivity contribution in [3.05, 3.63) is 12.4 Å². The first kappa shape index (κ1) is 9.44. The van der Waals surface area contributed by atoms with E-state index in [2.05, 4.69) is 4.98 Å². The number of rotatable bonds is 3. The van der Waals surface area contributed by atoms with E-state index in [0.717, 1.165) is 0 Å². The number of Topliss-reactive ketones (excluding diaryl/α,β-unsaturated/α-hetero) is 1. The first-order chi connectivity index (χ1) is 6.09. The molecule has 0 atom stereocenters. The van der Waals surface area contributed by atoms with Gasteiger partial charge in [0.05, 0.1) is 0 Å². The molecule has 13 heavy (non-hydrogen) atoms. The standard InChI is InChI=1S/C8H10N2O3/c1-6(11)5-7(12)13-8-9-3-4-10(8)2/h3-4H,5H2,1-2H3.